The number of esters is 2. The number of hydrogen-bond acceptors (Lipinski definition) is 6. The molecule has 1 unspecified atom stereocenters. The van der Waals surface area contributed by atoms with E-state index in [1.165, 1.54) is 7.11 Å². The van der Waals surface area contributed by atoms with Crippen LogP contribution in [0.4, 0.5) is 0 Å². The van der Waals surface area contributed by atoms with Crippen LogP contribution in [0.15, 0.2) is 70.9 Å². The van der Waals surface area contributed by atoms with Crippen molar-refractivity contribution in [3.05, 3.63) is 98.7 Å². The lowest BCUT2D eigenvalue weighted by atomic mass is 9.84. The second-order valence-corrected chi connectivity index (χ2v) is 8.51. The van der Waals surface area contributed by atoms with Crippen LogP contribution < -0.4 is 9.47 Å². The van der Waals surface area contributed by atoms with Crippen molar-refractivity contribution in [2.24, 2.45) is 0 Å². The Kier molecular flexibility index (Phi) is 5.34. The van der Waals surface area contributed by atoms with E-state index in [1.54, 1.807) is 42.5 Å². The number of carbonyl (C=O) groups excluding carboxylic acids is 3. The van der Waals surface area contributed by atoms with Crippen molar-refractivity contribution in [2.45, 2.75) is 12.3 Å². The molecule has 0 saturated heterocycles. The van der Waals surface area contributed by atoms with E-state index in [-0.39, 0.29) is 29.9 Å². The van der Waals surface area contributed by atoms with Gasteiger partial charge in [0.05, 0.1) is 24.7 Å². The maximum atomic E-state index is 13.1. The molecule has 0 radical (unpaired) electrons. The summed E-state index contributed by atoms with van der Waals surface area (Å²) in [6.07, 6.45) is 1.76. The van der Waals surface area contributed by atoms with Crippen LogP contribution in [-0.4, -0.2) is 24.8 Å². The fourth-order valence-corrected chi connectivity index (χ4v) is 4.68. The maximum absolute atomic E-state index is 13.1. The molecule has 0 saturated carbocycles. The van der Waals surface area contributed by atoms with E-state index in [0.717, 1.165) is 10.0 Å². The zero-order chi connectivity index (χ0) is 23.1. The zero-order valence-corrected chi connectivity index (χ0v) is 19.0. The van der Waals surface area contributed by atoms with Gasteiger partial charge in [-0.25, -0.2) is 4.79 Å². The quantitative estimate of drug-likeness (QED) is 0.274. The Morgan fingerprint density at radius 3 is 2.52 bits per heavy atom. The van der Waals surface area contributed by atoms with Gasteiger partial charge in [-0.1, -0.05) is 46.3 Å². The Bertz CT molecular complexity index is 1340. The molecule has 33 heavy (non-hydrogen) atoms. The summed E-state index contributed by atoms with van der Waals surface area (Å²) in [5, 5.41) is 0. The first-order valence-electron chi connectivity index (χ1n) is 10.2. The van der Waals surface area contributed by atoms with Crippen LogP contribution in [0.25, 0.3) is 6.08 Å². The molecule has 0 aromatic heterocycles. The molecule has 2 aliphatic heterocycles. The van der Waals surface area contributed by atoms with Gasteiger partial charge >= 0.3 is 11.9 Å². The molecule has 2 aliphatic rings. The molecule has 164 valence electrons. The summed E-state index contributed by atoms with van der Waals surface area (Å²) in [6, 6.07) is 17.6. The fraction of sp³-hybridized carbons (Fsp3) is 0.115. The third-order valence-electron chi connectivity index (χ3n) is 5.69. The highest BCUT2D eigenvalue weighted by molar-refractivity contribution is 9.10. The van der Waals surface area contributed by atoms with Gasteiger partial charge in [-0.2, -0.15) is 0 Å². The van der Waals surface area contributed by atoms with Gasteiger partial charge in [0.25, 0.3) is 0 Å². The van der Waals surface area contributed by atoms with E-state index in [1.807, 2.05) is 24.3 Å². The lowest BCUT2D eigenvalue weighted by Crippen LogP contribution is -2.21. The number of rotatable bonds is 3. The van der Waals surface area contributed by atoms with Crippen molar-refractivity contribution in [2.75, 3.05) is 7.11 Å². The Morgan fingerprint density at radius 1 is 1.03 bits per heavy atom. The van der Waals surface area contributed by atoms with Gasteiger partial charge < -0.3 is 14.2 Å². The minimum atomic E-state index is -0.436. The lowest BCUT2D eigenvalue weighted by Gasteiger charge is -2.27. The molecule has 5 rings (SSSR count). The normalized spacial score (nSPS) is 17.8. The summed E-state index contributed by atoms with van der Waals surface area (Å²) in [7, 11) is 1.32. The summed E-state index contributed by atoms with van der Waals surface area (Å²) >= 11 is 3.57. The van der Waals surface area contributed by atoms with Crippen LogP contribution in [0.3, 0.4) is 0 Å². The van der Waals surface area contributed by atoms with Gasteiger partial charge in [0.1, 0.15) is 11.5 Å². The first-order chi connectivity index (χ1) is 16.0. The number of Topliss-reactive ketones (excluding diaryl/α,β-unsaturated/α-hetero) is 1. The third-order valence-corrected chi connectivity index (χ3v) is 6.41. The predicted octanol–water partition coefficient (Wildman–Crippen LogP) is 5.29. The number of ether oxygens (including phenoxy) is 3. The number of carbonyl (C=O) groups is 3. The topological polar surface area (TPSA) is 78.9 Å². The van der Waals surface area contributed by atoms with Gasteiger partial charge in [0.2, 0.25) is 5.78 Å². The number of methoxy groups -OCH3 is 1. The van der Waals surface area contributed by atoms with Crippen LogP contribution in [0.5, 0.6) is 11.5 Å². The van der Waals surface area contributed by atoms with Crippen molar-refractivity contribution < 1.29 is 28.6 Å². The largest absolute Gasteiger partial charge is 0.465 e. The van der Waals surface area contributed by atoms with Crippen LogP contribution in [0, 0.1) is 0 Å². The second kappa shape index (κ2) is 8.33. The molecule has 0 bridgehead atoms. The fourth-order valence-electron chi connectivity index (χ4n) is 4.11. The summed E-state index contributed by atoms with van der Waals surface area (Å²) in [6.45, 7) is 0. The zero-order valence-electron chi connectivity index (χ0n) is 17.5. The van der Waals surface area contributed by atoms with Crippen molar-refractivity contribution in [1.82, 2.24) is 0 Å². The molecule has 0 aliphatic carbocycles. The highest BCUT2D eigenvalue weighted by Gasteiger charge is 2.39. The maximum Gasteiger partial charge on any atom is 0.337 e. The highest BCUT2D eigenvalue weighted by Crippen LogP contribution is 2.49. The van der Waals surface area contributed by atoms with E-state index in [4.69, 9.17) is 14.2 Å². The number of benzene rings is 3. The number of fused-ring (bicyclic) bond motifs is 3. The Labute approximate surface area is 197 Å². The van der Waals surface area contributed by atoms with Gasteiger partial charge in [-0.15, -0.1) is 0 Å². The van der Waals surface area contributed by atoms with Gasteiger partial charge in [0.15, 0.2) is 5.76 Å². The first-order valence-corrected chi connectivity index (χ1v) is 11.0. The van der Waals surface area contributed by atoms with Crippen LogP contribution >= 0.6 is 15.9 Å². The summed E-state index contributed by atoms with van der Waals surface area (Å²) < 4.78 is 17.1. The Morgan fingerprint density at radius 2 is 1.79 bits per heavy atom. The van der Waals surface area contributed by atoms with Crippen molar-refractivity contribution in [3.63, 3.8) is 0 Å². The molecule has 0 N–H and O–H groups in total. The molecule has 3 aromatic carbocycles. The molecule has 0 fully saturated rings. The lowest BCUT2D eigenvalue weighted by molar-refractivity contribution is -0.135. The number of hydrogen-bond donors (Lipinski definition) is 0. The van der Waals surface area contributed by atoms with E-state index in [9.17, 15) is 14.4 Å². The molecule has 0 amide bonds. The van der Waals surface area contributed by atoms with Gasteiger partial charge in [-0.05, 0) is 47.5 Å². The Hall–Kier alpha value is -3.71. The van der Waals surface area contributed by atoms with Crippen molar-refractivity contribution >= 4 is 39.7 Å². The molecule has 1 atom stereocenters. The summed E-state index contributed by atoms with van der Waals surface area (Å²) in [5.74, 6) is -0.397. The molecular weight excluding hydrogens is 488 g/mol. The van der Waals surface area contributed by atoms with E-state index < -0.39 is 5.97 Å². The Balaban J connectivity index is 1.55. The summed E-state index contributed by atoms with van der Waals surface area (Å²) in [5.41, 5.74) is 3.11. The van der Waals surface area contributed by atoms with Gasteiger partial charge in [-0.3, -0.25) is 9.59 Å². The standard InChI is InChI=1S/C26H17BrO6/c1-31-26(30)15-8-6-14(7-9-15)12-21-24(29)17-10-11-20-23(25(17)33-21)18(13-22(28)32-20)16-4-2-3-5-19(16)27/h2-12,18H,13H2,1H3/b21-12-. The van der Waals surface area contributed by atoms with Crippen LogP contribution in [0.1, 0.15) is 49.7 Å². The second-order valence-electron chi connectivity index (χ2n) is 7.66. The predicted molar refractivity (Wildman–Crippen MR) is 123 cm³/mol. The average Bonchev–Trinajstić information content (AvgIpc) is 3.14. The average molecular weight is 505 g/mol. The van der Waals surface area contributed by atoms with E-state index in [2.05, 4.69) is 15.9 Å². The van der Waals surface area contributed by atoms with Crippen LogP contribution in [0.2, 0.25) is 0 Å². The molecular formula is C26H17BrO6. The van der Waals surface area contributed by atoms with Crippen LogP contribution in [-0.2, 0) is 9.53 Å². The number of ketones is 1. The first kappa shape index (κ1) is 21.2. The highest BCUT2D eigenvalue weighted by atomic mass is 79.9. The number of halogens is 1. The summed E-state index contributed by atoms with van der Waals surface area (Å²) in [4.78, 5) is 37.0. The van der Waals surface area contributed by atoms with E-state index in [0.29, 0.717) is 33.8 Å². The SMILES string of the molecule is COC(=O)c1ccc(/C=C2\Oc3c(ccc4c3C(c3ccccc3Br)CC(=O)O4)C2=O)cc1. The van der Waals surface area contributed by atoms with Crippen molar-refractivity contribution in [3.8, 4) is 11.5 Å². The van der Waals surface area contributed by atoms with E-state index >= 15 is 0 Å². The minimum Gasteiger partial charge on any atom is -0.465 e. The molecule has 2 heterocycles. The minimum absolute atomic E-state index is 0.137. The number of allylic oxidation sites excluding steroid dienone is 1. The smallest absolute Gasteiger partial charge is 0.337 e. The monoisotopic (exact) mass is 504 g/mol. The molecule has 3 aromatic rings. The third kappa shape index (κ3) is 3.74. The van der Waals surface area contributed by atoms with Crippen molar-refractivity contribution in [1.29, 1.82) is 0 Å². The molecule has 6 nitrogen and oxygen atoms in total. The van der Waals surface area contributed by atoms with Gasteiger partial charge in [0, 0.05) is 16.0 Å². The molecule has 0 spiro atoms. The molecule has 7 heteroatoms.